The predicted octanol–water partition coefficient (Wildman–Crippen LogP) is 3.73. The molecule has 1 amide bonds. The summed E-state index contributed by atoms with van der Waals surface area (Å²) in [6.45, 7) is 2.52. The van der Waals surface area contributed by atoms with Gasteiger partial charge in [0.1, 0.15) is 0 Å². The highest BCUT2D eigenvalue weighted by molar-refractivity contribution is 7.98. The topological polar surface area (TPSA) is 54.9 Å². The van der Waals surface area contributed by atoms with Crippen LogP contribution >= 0.6 is 23.4 Å². The fraction of sp³-hybridized carbons (Fsp3) is 0.312. The minimum absolute atomic E-state index is 0.147. The van der Waals surface area contributed by atoms with Crippen molar-refractivity contribution in [3.63, 3.8) is 0 Å². The fourth-order valence-corrected chi connectivity index (χ4v) is 2.48. The van der Waals surface area contributed by atoms with Gasteiger partial charge in [0.25, 0.3) is 5.91 Å². The van der Waals surface area contributed by atoms with E-state index in [4.69, 9.17) is 11.6 Å². The van der Waals surface area contributed by atoms with Gasteiger partial charge in [0.05, 0.1) is 11.3 Å². The van der Waals surface area contributed by atoms with Crippen LogP contribution in [0.3, 0.4) is 0 Å². The number of nitrogens with zero attached hydrogens (tertiary/aromatic N) is 2. The van der Waals surface area contributed by atoms with Crippen LogP contribution in [0.25, 0.3) is 0 Å². The van der Waals surface area contributed by atoms with Gasteiger partial charge in [-0.3, -0.25) is 4.79 Å². The monoisotopic (exact) mass is 335 g/mol. The van der Waals surface area contributed by atoms with Crippen molar-refractivity contribution in [2.75, 3.05) is 6.26 Å². The van der Waals surface area contributed by atoms with Gasteiger partial charge in [-0.2, -0.15) is 0 Å². The standard InChI is InChI=1S/C16H18ClN3OS/c1-3-4-14-13(10-19-16(20-14)22-2)15(21)18-9-11-5-7-12(17)8-6-11/h5-8,10H,3-4,9H2,1-2H3,(H,18,21). The number of benzene rings is 1. The average molecular weight is 336 g/mol. The van der Waals surface area contributed by atoms with Crippen LogP contribution in [0.5, 0.6) is 0 Å². The number of halogens is 1. The van der Waals surface area contributed by atoms with E-state index in [2.05, 4.69) is 22.2 Å². The molecule has 0 spiro atoms. The third kappa shape index (κ3) is 4.45. The lowest BCUT2D eigenvalue weighted by Gasteiger charge is -2.10. The molecule has 0 bridgehead atoms. The highest BCUT2D eigenvalue weighted by atomic mass is 35.5. The molecule has 1 N–H and O–H groups in total. The Labute approximate surface area is 139 Å². The molecule has 116 valence electrons. The number of rotatable bonds is 6. The number of carbonyl (C=O) groups is 1. The van der Waals surface area contributed by atoms with E-state index >= 15 is 0 Å². The maximum Gasteiger partial charge on any atom is 0.254 e. The molecule has 0 aliphatic heterocycles. The second-order valence-electron chi connectivity index (χ2n) is 4.78. The van der Waals surface area contributed by atoms with Crippen LogP contribution in [0, 0.1) is 0 Å². The predicted molar refractivity (Wildman–Crippen MR) is 90.4 cm³/mol. The normalized spacial score (nSPS) is 10.5. The largest absolute Gasteiger partial charge is 0.348 e. The third-order valence-electron chi connectivity index (χ3n) is 3.13. The van der Waals surface area contributed by atoms with Gasteiger partial charge in [0.15, 0.2) is 5.16 Å². The molecule has 22 heavy (non-hydrogen) atoms. The van der Waals surface area contributed by atoms with Crippen LogP contribution in [0.1, 0.15) is 35.0 Å². The van der Waals surface area contributed by atoms with E-state index in [0.717, 1.165) is 24.1 Å². The molecule has 1 aromatic heterocycles. The van der Waals surface area contributed by atoms with E-state index in [1.165, 1.54) is 11.8 Å². The Bertz CT molecular complexity index is 646. The molecule has 0 unspecified atom stereocenters. The summed E-state index contributed by atoms with van der Waals surface area (Å²) in [6, 6.07) is 7.40. The lowest BCUT2D eigenvalue weighted by atomic mass is 10.1. The van der Waals surface area contributed by atoms with E-state index < -0.39 is 0 Å². The first-order valence-corrected chi connectivity index (χ1v) is 8.67. The number of aryl methyl sites for hydroxylation is 1. The highest BCUT2D eigenvalue weighted by Crippen LogP contribution is 2.14. The van der Waals surface area contributed by atoms with E-state index in [0.29, 0.717) is 22.3 Å². The van der Waals surface area contributed by atoms with Crippen LogP contribution in [-0.4, -0.2) is 22.1 Å². The molecule has 2 rings (SSSR count). The van der Waals surface area contributed by atoms with Crippen LogP contribution in [0.15, 0.2) is 35.6 Å². The summed E-state index contributed by atoms with van der Waals surface area (Å²) in [6.07, 6.45) is 5.23. The molecule has 4 nitrogen and oxygen atoms in total. The van der Waals surface area contributed by atoms with Crippen molar-refractivity contribution < 1.29 is 4.79 Å². The van der Waals surface area contributed by atoms with Gasteiger partial charge in [-0.15, -0.1) is 0 Å². The molecule has 0 aliphatic rings. The van der Waals surface area contributed by atoms with Crippen LogP contribution in [0.2, 0.25) is 5.02 Å². The third-order valence-corrected chi connectivity index (χ3v) is 3.94. The van der Waals surface area contributed by atoms with E-state index in [9.17, 15) is 4.79 Å². The maximum absolute atomic E-state index is 12.4. The molecule has 0 saturated carbocycles. The Morgan fingerprint density at radius 1 is 1.32 bits per heavy atom. The van der Waals surface area contributed by atoms with Gasteiger partial charge >= 0.3 is 0 Å². The number of amides is 1. The molecule has 1 heterocycles. The van der Waals surface area contributed by atoms with Crippen molar-refractivity contribution in [1.82, 2.24) is 15.3 Å². The molecule has 6 heteroatoms. The van der Waals surface area contributed by atoms with Crippen molar-refractivity contribution >= 4 is 29.3 Å². The Morgan fingerprint density at radius 3 is 2.68 bits per heavy atom. The minimum Gasteiger partial charge on any atom is -0.348 e. The number of aromatic nitrogens is 2. The summed E-state index contributed by atoms with van der Waals surface area (Å²) < 4.78 is 0. The number of thioether (sulfide) groups is 1. The lowest BCUT2D eigenvalue weighted by Crippen LogP contribution is -2.25. The molecule has 0 saturated heterocycles. The van der Waals surface area contributed by atoms with Gasteiger partial charge in [-0.25, -0.2) is 9.97 Å². The molecule has 1 aromatic carbocycles. The summed E-state index contributed by atoms with van der Waals surface area (Å²) in [5, 5.41) is 4.28. The quantitative estimate of drug-likeness (QED) is 0.645. The number of nitrogens with one attached hydrogen (secondary N) is 1. The minimum atomic E-state index is -0.147. The molecule has 0 aliphatic carbocycles. The first kappa shape index (κ1) is 16.8. The Morgan fingerprint density at radius 2 is 2.05 bits per heavy atom. The second kappa shape index (κ2) is 8.15. The summed E-state index contributed by atoms with van der Waals surface area (Å²) in [4.78, 5) is 21.0. The van der Waals surface area contributed by atoms with Gasteiger partial charge in [-0.1, -0.05) is 48.8 Å². The Hall–Kier alpha value is -1.59. The van der Waals surface area contributed by atoms with Crippen molar-refractivity contribution in [2.45, 2.75) is 31.5 Å². The average Bonchev–Trinajstić information content (AvgIpc) is 2.54. The Kier molecular flexibility index (Phi) is 6.21. The zero-order chi connectivity index (χ0) is 15.9. The number of hydrogen-bond acceptors (Lipinski definition) is 4. The summed E-state index contributed by atoms with van der Waals surface area (Å²) >= 11 is 7.32. The first-order chi connectivity index (χ1) is 10.6. The van der Waals surface area contributed by atoms with Crippen molar-refractivity contribution in [1.29, 1.82) is 0 Å². The van der Waals surface area contributed by atoms with Gasteiger partial charge < -0.3 is 5.32 Å². The number of hydrogen-bond donors (Lipinski definition) is 1. The van der Waals surface area contributed by atoms with Crippen molar-refractivity contribution in [3.8, 4) is 0 Å². The first-order valence-electron chi connectivity index (χ1n) is 7.06. The molecule has 0 atom stereocenters. The van der Waals surface area contributed by atoms with Gasteiger partial charge in [-0.05, 0) is 30.4 Å². The van der Waals surface area contributed by atoms with E-state index in [-0.39, 0.29) is 5.91 Å². The molecule has 0 fully saturated rings. The zero-order valence-electron chi connectivity index (χ0n) is 12.6. The molecular weight excluding hydrogens is 318 g/mol. The fourth-order valence-electron chi connectivity index (χ4n) is 1.99. The zero-order valence-corrected chi connectivity index (χ0v) is 14.2. The van der Waals surface area contributed by atoms with Crippen LogP contribution < -0.4 is 5.32 Å². The van der Waals surface area contributed by atoms with Gasteiger partial charge in [0, 0.05) is 17.8 Å². The van der Waals surface area contributed by atoms with Crippen molar-refractivity contribution in [2.24, 2.45) is 0 Å². The summed E-state index contributed by atoms with van der Waals surface area (Å²) in [5.41, 5.74) is 2.35. The van der Waals surface area contributed by atoms with Crippen molar-refractivity contribution in [3.05, 3.63) is 52.3 Å². The van der Waals surface area contributed by atoms with E-state index in [1.807, 2.05) is 30.5 Å². The Balaban J connectivity index is 2.09. The second-order valence-corrected chi connectivity index (χ2v) is 5.99. The van der Waals surface area contributed by atoms with Gasteiger partial charge in [0.2, 0.25) is 0 Å². The molecule has 0 radical (unpaired) electrons. The van der Waals surface area contributed by atoms with Crippen LogP contribution in [0.4, 0.5) is 0 Å². The van der Waals surface area contributed by atoms with Crippen LogP contribution in [-0.2, 0) is 13.0 Å². The molecule has 2 aromatic rings. The highest BCUT2D eigenvalue weighted by Gasteiger charge is 2.13. The maximum atomic E-state index is 12.4. The summed E-state index contributed by atoms with van der Waals surface area (Å²) in [7, 11) is 0. The smallest absolute Gasteiger partial charge is 0.254 e. The molecular formula is C16H18ClN3OS. The van der Waals surface area contributed by atoms with E-state index in [1.54, 1.807) is 6.20 Å². The summed E-state index contributed by atoms with van der Waals surface area (Å²) in [5.74, 6) is -0.147. The lowest BCUT2D eigenvalue weighted by molar-refractivity contribution is 0.0949. The number of carbonyl (C=O) groups excluding carboxylic acids is 1. The SMILES string of the molecule is CCCc1nc(SC)ncc1C(=O)NCc1ccc(Cl)cc1.